The quantitative estimate of drug-likeness (QED) is 0.481. The minimum Gasteiger partial charge on any atom is -0.307 e. The average molecular weight is 260 g/mol. The van der Waals surface area contributed by atoms with Gasteiger partial charge >= 0.3 is 0 Å². The lowest BCUT2D eigenvalue weighted by Gasteiger charge is -2.23. The molecule has 0 amide bonds. The van der Waals surface area contributed by atoms with Gasteiger partial charge in [0, 0.05) is 24.2 Å². The Morgan fingerprint density at radius 3 is 2.79 bits per heavy atom. The summed E-state index contributed by atoms with van der Waals surface area (Å²) < 4.78 is 0. The van der Waals surface area contributed by atoms with Crippen molar-refractivity contribution < 1.29 is 4.92 Å². The summed E-state index contributed by atoms with van der Waals surface area (Å²) in [6.07, 6.45) is 8.53. The molecule has 0 spiro atoms. The zero-order valence-electron chi connectivity index (χ0n) is 11.2. The van der Waals surface area contributed by atoms with Crippen LogP contribution in [0.3, 0.4) is 0 Å². The van der Waals surface area contributed by atoms with Crippen LogP contribution < -0.4 is 5.32 Å². The van der Waals surface area contributed by atoms with Gasteiger partial charge in [-0.1, -0.05) is 37.6 Å². The van der Waals surface area contributed by atoms with Gasteiger partial charge in [-0.05, 0) is 24.8 Å². The molecule has 1 aromatic carbocycles. The van der Waals surface area contributed by atoms with Gasteiger partial charge in [-0.3, -0.25) is 10.1 Å². The Kier molecular flexibility index (Phi) is 4.68. The molecule has 1 atom stereocenters. The van der Waals surface area contributed by atoms with E-state index in [-0.39, 0.29) is 16.7 Å². The molecule has 0 heterocycles. The van der Waals surface area contributed by atoms with Crippen molar-refractivity contribution in [2.75, 3.05) is 0 Å². The molecule has 2 rings (SSSR count). The summed E-state index contributed by atoms with van der Waals surface area (Å²) in [5.74, 6) is 0. The summed E-state index contributed by atoms with van der Waals surface area (Å²) in [7, 11) is 0. The molecule has 1 aliphatic rings. The molecule has 4 nitrogen and oxygen atoms in total. The maximum atomic E-state index is 10.9. The maximum absolute atomic E-state index is 10.9. The summed E-state index contributed by atoms with van der Waals surface area (Å²) >= 11 is 0. The molecule has 19 heavy (non-hydrogen) atoms. The van der Waals surface area contributed by atoms with Crippen LogP contribution in [-0.2, 0) is 0 Å². The number of nitro benzene ring substituents is 1. The number of nitrogens with zero attached hydrogens (tertiary/aromatic N) is 1. The van der Waals surface area contributed by atoms with Crippen molar-refractivity contribution in [1.82, 2.24) is 5.32 Å². The fraction of sp³-hybridized carbons (Fsp3) is 0.467. The van der Waals surface area contributed by atoms with E-state index in [1.54, 1.807) is 18.2 Å². The Labute approximate surface area is 113 Å². The fourth-order valence-electron chi connectivity index (χ4n) is 2.53. The highest BCUT2D eigenvalue weighted by molar-refractivity contribution is 5.35. The van der Waals surface area contributed by atoms with Gasteiger partial charge in [-0.15, -0.1) is 0 Å². The SMILES string of the molecule is CCCC(NC1CC=CC1)c1cccc([N+](=O)[O-])c1. The van der Waals surface area contributed by atoms with Crippen LogP contribution in [0.1, 0.15) is 44.2 Å². The van der Waals surface area contributed by atoms with E-state index in [0.717, 1.165) is 31.2 Å². The molecule has 0 aliphatic heterocycles. The molecule has 0 bridgehead atoms. The molecule has 102 valence electrons. The van der Waals surface area contributed by atoms with Gasteiger partial charge in [-0.25, -0.2) is 0 Å². The number of hydrogen-bond acceptors (Lipinski definition) is 3. The van der Waals surface area contributed by atoms with Crippen LogP contribution in [-0.4, -0.2) is 11.0 Å². The van der Waals surface area contributed by atoms with E-state index in [1.165, 1.54) is 0 Å². The van der Waals surface area contributed by atoms with Crippen molar-refractivity contribution in [3.8, 4) is 0 Å². The molecule has 0 radical (unpaired) electrons. The van der Waals surface area contributed by atoms with Gasteiger partial charge < -0.3 is 5.32 Å². The molecule has 1 unspecified atom stereocenters. The number of hydrogen-bond donors (Lipinski definition) is 1. The standard InChI is InChI=1S/C15H20N2O2/c1-2-6-15(16-13-8-3-4-9-13)12-7-5-10-14(11-12)17(18)19/h3-5,7,10-11,13,15-16H,2,6,8-9H2,1H3. The number of nitro groups is 1. The van der Waals surface area contributed by atoms with Crippen molar-refractivity contribution in [2.24, 2.45) is 0 Å². The van der Waals surface area contributed by atoms with Crippen LogP contribution in [0.15, 0.2) is 36.4 Å². The minimum absolute atomic E-state index is 0.171. The largest absolute Gasteiger partial charge is 0.307 e. The first kappa shape index (κ1) is 13.7. The maximum Gasteiger partial charge on any atom is 0.269 e. The second-order valence-electron chi connectivity index (χ2n) is 5.00. The van der Waals surface area contributed by atoms with Crippen molar-refractivity contribution in [3.63, 3.8) is 0 Å². The van der Waals surface area contributed by atoms with Crippen LogP contribution >= 0.6 is 0 Å². The Balaban J connectivity index is 2.12. The second kappa shape index (κ2) is 6.48. The highest BCUT2D eigenvalue weighted by Crippen LogP contribution is 2.25. The molecule has 1 N–H and O–H groups in total. The first-order valence-electron chi connectivity index (χ1n) is 6.86. The lowest BCUT2D eigenvalue weighted by Crippen LogP contribution is -2.30. The van der Waals surface area contributed by atoms with Crippen molar-refractivity contribution in [3.05, 3.63) is 52.1 Å². The third-order valence-corrected chi connectivity index (χ3v) is 3.51. The number of rotatable bonds is 6. The van der Waals surface area contributed by atoms with Crippen LogP contribution in [0.2, 0.25) is 0 Å². The van der Waals surface area contributed by atoms with Gasteiger partial charge in [0.2, 0.25) is 0 Å². The van der Waals surface area contributed by atoms with Gasteiger partial charge in [0.1, 0.15) is 0 Å². The zero-order chi connectivity index (χ0) is 13.7. The summed E-state index contributed by atoms with van der Waals surface area (Å²) in [5, 5.41) is 14.5. The first-order valence-corrected chi connectivity index (χ1v) is 6.86. The normalized spacial score (nSPS) is 16.7. The van der Waals surface area contributed by atoms with Gasteiger partial charge in [0.15, 0.2) is 0 Å². The molecule has 0 saturated heterocycles. The van der Waals surface area contributed by atoms with Crippen LogP contribution in [0.5, 0.6) is 0 Å². The van der Waals surface area contributed by atoms with E-state index in [0.29, 0.717) is 6.04 Å². The lowest BCUT2D eigenvalue weighted by molar-refractivity contribution is -0.384. The molecular weight excluding hydrogens is 240 g/mol. The monoisotopic (exact) mass is 260 g/mol. The van der Waals surface area contributed by atoms with E-state index in [4.69, 9.17) is 0 Å². The van der Waals surface area contributed by atoms with E-state index in [9.17, 15) is 10.1 Å². The molecule has 1 aromatic rings. The average Bonchev–Trinajstić information content (AvgIpc) is 2.91. The third kappa shape index (κ3) is 3.64. The van der Waals surface area contributed by atoms with Crippen LogP contribution in [0, 0.1) is 10.1 Å². The third-order valence-electron chi connectivity index (χ3n) is 3.51. The van der Waals surface area contributed by atoms with Gasteiger partial charge in [0.05, 0.1) is 4.92 Å². The molecular formula is C15H20N2O2. The Morgan fingerprint density at radius 1 is 1.42 bits per heavy atom. The van der Waals surface area contributed by atoms with E-state index < -0.39 is 0 Å². The highest BCUT2D eigenvalue weighted by atomic mass is 16.6. The molecule has 0 aromatic heterocycles. The predicted octanol–water partition coefficient (Wildman–Crippen LogP) is 3.74. The fourth-order valence-corrected chi connectivity index (χ4v) is 2.53. The van der Waals surface area contributed by atoms with Crippen molar-refractivity contribution in [2.45, 2.75) is 44.7 Å². The van der Waals surface area contributed by atoms with E-state index in [1.807, 2.05) is 6.07 Å². The van der Waals surface area contributed by atoms with Crippen LogP contribution in [0.4, 0.5) is 5.69 Å². The zero-order valence-corrected chi connectivity index (χ0v) is 11.2. The number of non-ortho nitro benzene ring substituents is 1. The number of nitrogens with one attached hydrogen (secondary N) is 1. The smallest absolute Gasteiger partial charge is 0.269 e. The van der Waals surface area contributed by atoms with Gasteiger partial charge in [0.25, 0.3) is 5.69 Å². The highest BCUT2D eigenvalue weighted by Gasteiger charge is 2.18. The molecule has 1 aliphatic carbocycles. The Morgan fingerprint density at radius 2 is 2.16 bits per heavy atom. The summed E-state index contributed by atoms with van der Waals surface area (Å²) in [5.41, 5.74) is 1.19. The summed E-state index contributed by atoms with van der Waals surface area (Å²) in [6, 6.07) is 7.65. The molecule has 0 fully saturated rings. The predicted molar refractivity (Wildman–Crippen MR) is 76.0 cm³/mol. The van der Waals surface area contributed by atoms with Crippen molar-refractivity contribution >= 4 is 5.69 Å². The summed E-state index contributed by atoms with van der Waals surface area (Å²) in [6.45, 7) is 2.14. The molecule has 0 saturated carbocycles. The van der Waals surface area contributed by atoms with E-state index >= 15 is 0 Å². The molecule has 4 heteroatoms. The lowest BCUT2D eigenvalue weighted by atomic mass is 10.00. The number of benzene rings is 1. The Hall–Kier alpha value is -1.68. The minimum atomic E-state index is -0.330. The first-order chi connectivity index (χ1) is 9.20. The van der Waals surface area contributed by atoms with Crippen LogP contribution in [0.25, 0.3) is 0 Å². The second-order valence-corrected chi connectivity index (χ2v) is 5.00. The van der Waals surface area contributed by atoms with Crippen molar-refractivity contribution in [1.29, 1.82) is 0 Å². The van der Waals surface area contributed by atoms with E-state index in [2.05, 4.69) is 24.4 Å². The van der Waals surface area contributed by atoms with Gasteiger partial charge in [-0.2, -0.15) is 0 Å². The topological polar surface area (TPSA) is 55.2 Å². The Bertz CT molecular complexity index is 463. The summed E-state index contributed by atoms with van der Waals surface area (Å²) in [4.78, 5) is 10.5.